The number of aromatic nitrogens is 5. The number of hydrogen-bond donors (Lipinski definition) is 0. The van der Waals surface area contributed by atoms with E-state index in [2.05, 4.69) is 19.9 Å². The SMILES string of the molecule is Cc1cc(N2CCN(C(=O)c3cn(-c4ccccc4)nc3-c3cccnc3)CC2)nc(C)n1. The van der Waals surface area contributed by atoms with Crippen molar-refractivity contribution in [2.75, 3.05) is 31.1 Å². The van der Waals surface area contributed by atoms with Crippen molar-refractivity contribution in [1.82, 2.24) is 29.6 Å². The van der Waals surface area contributed by atoms with Crippen LogP contribution in [0.15, 0.2) is 67.1 Å². The average molecular weight is 440 g/mol. The molecule has 1 aromatic carbocycles. The monoisotopic (exact) mass is 439 g/mol. The van der Waals surface area contributed by atoms with E-state index in [1.54, 1.807) is 17.1 Å². The van der Waals surface area contributed by atoms with E-state index in [4.69, 9.17) is 5.10 Å². The second-order valence-electron chi connectivity index (χ2n) is 8.11. The van der Waals surface area contributed by atoms with Gasteiger partial charge < -0.3 is 9.80 Å². The molecule has 8 nitrogen and oxygen atoms in total. The van der Waals surface area contributed by atoms with Gasteiger partial charge in [-0.3, -0.25) is 9.78 Å². The van der Waals surface area contributed by atoms with E-state index in [0.717, 1.165) is 41.7 Å². The van der Waals surface area contributed by atoms with Crippen LogP contribution in [0.4, 0.5) is 5.82 Å². The number of hydrogen-bond acceptors (Lipinski definition) is 6. The molecule has 0 bridgehead atoms. The van der Waals surface area contributed by atoms with E-state index < -0.39 is 0 Å². The summed E-state index contributed by atoms with van der Waals surface area (Å²) >= 11 is 0. The van der Waals surface area contributed by atoms with Crippen LogP contribution in [0.1, 0.15) is 21.9 Å². The maximum atomic E-state index is 13.6. The van der Waals surface area contributed by atoms with Gasteiger partial charge in [-0.1, -0.05) is 18.2 Å². The van der Waals surface area contributed by atoms with Crippen LogP contribution in [0.2, 0.25) is 0 Å². The minimum atomic E-state index is -0.0225. The number of pyridine rings is 1. The van der Waals surface area contributed by atoms with E-state index in [1.807, 2.05) is 73.5 Å². The van der Waals surface area contributed by atoms with Gasteiger partial charge in [0.25, 0.3) is 5.91 Å². The minimum absolute atomic E-state index is 0.0225. The summed E-state index contributed by atoms with van der Waals surface area (Å²) in [6.45, 7) is 6.55. The van der Waals surface area contributed by atoms with Gasteiger partial charge in [-0.15, -0.1) is 0 Å². The van der Waals surface area contributed by atoms with Crippen LogP contribution >= 0.6 is 0 Å². The molecule has 0 atom stereocenters. The summed E-state index contributed by atoms with van der Waals surface area (Å²) in [4.78, 5) is 30.8. The summed E-state index contributed by atoms with van der Waals surface area (Å²) in [6.07, 6.45) is 5.28. The van der Waals surface area contributed by atoms with E-state index in [-0.39, 0.29) is 5.91 Å². The van der Waals surface area contributed by atoms with Crippen molar-refractivity contribution in [3.63, 3.8) is 0 Å². The Morgan fingerprint density at radius 1 is 0.939 bits per heavy atom. The van der Waals surface area contributed by atoms with Crippen molar-refractivity contribution in [3.05, 3.63) is 84.2 Å². The lowest BCUT2D eigenvalue weighted by molar-refractivity contribution is 0.0747. The number of amides is 1. The molecule has 1 fully saturated rings. The highest BCUT2D eigenvalue weighted by Crippen LogP contribution is 2.25. The average Bonchev–Trinajstić information content (AvgIpc) is 3.30. The van der Waals surface area contributed by atoms with Gasteiger partial charge in [0, 0.05) is 62.1 Å². The van der Waals surface area contributed by atoms with Gasteiger partial charge in [0.15, 0.2) is 0 Å². The minimum Gasteiger partial charge on any atom is -0.353 e. The fourth-order valence-corrected chi connectivity index (χ4v) is 4.13. The Balaban J connectivity index is 1.41. The zero-order valence-corrected chi connectivity index (χ0v) is 18.7. The molecule has 1 aliphatic heterocycles. The molecule has 0 N–H and O–H groups in total. The zero-order valence-electron chi connectivity index (χ0n) is 18.7. The zero-order chi connectivity index (χ0) is 22.8. The number of anilines is 1. The van der Waals surface area contributed by atoms with E-state index in [0.29, 0.717) is 24.3 Å². The number of nitrogens with zero attached hydrogens (tertiary/aromatic N) is 7. The third kappa shape index (κ3) is 4.32. The van der Waals surface area contributed by atoms with Crippen LogP contribution in [0.3, 0.4) is 0 Å². The summed E-state index contributed by atoms with van der Waals surface area (Å²) in [5.41, 5.74) is 3.89. The summed E-state index contributed by atoms with van der Waals surface area (Å²) in [7, 11) is 0. The Kier molecular flexibility index (Phi) is 5.56. The van der Waals surface area contributed by atoms with Crippen molar-refractivity contribution >= 4 is 11.7 Å². The van der Waals surface area contributed by atoms with Crippen molar-refractivity contribution in [2.45, 2.75) is 13.8 Å². The van der Waals surface area contributed by atoms with Crippen LogP contribution in [0, 0.1) is 13.8 Å². The lowest BCUT2D eigenvalue weighted by Crippen LogP contribution is -2.49. The predicted molar refractivity (Wildman–Crippen MR) is 126 cm³/mol. The molecule has 5 rings (SSSR count). The van der Waals surface area contributed by atoms with Gasteiger partial charge >= 0.3 is 0 Å². The van der Waals surface area contributed by atoms with Crippen LogP contribution in [0.5, 0.6) is 0 Å². The van der Waals surface area contributed by atoms with Crippen LogP contribution < -0.4 is 4.90 Å². The summed E-state index contributed by atoms with van der Waals surface area (Å²) < 4.78 is 1.76. The molecule has 4 aromatic rings. The molecule has 0 radical (unpaired) electrons. The Bertz CT molecular complexity index is 1240. The molecule has 0 spiro atoms. The fourth-order valence-electron chi connectivity index (χ4n) is 4.13. The Morgan fingerprint density at radius 2 is 1.73 bits per heavy atom. The number of para-hydroxylation sites is 1. The number of carbonyl (C=O) groups excluding carboxylic acids is 1. The highest BCUT2D eigenvalue weighted by molar-refractivity contribution is 6.00. The van der Waals surface area contributed by atoms with Crippen molar-refractivity contribution in [2.24, 2.45) is 0 Å². The quantitative estimate of drug-likeness (QED) is 0.485. The van der Waals surface area contributed by atoms with Gasteiger partial charge in [0.05, 0.1) is 11.3 Å². The van der Waals surface area contributed by atoms with Crippen LogP contribution in [-0.2, 0) is 0 Å². The molecular weight excluding hydrogens is 414 g/mol. The normalized spacial score (nSPS) is 13.9. The summed E-state index contributed by atoms with van der Waals surface area (Å²) in [6, 6.07) is 15.6. The summed E-state index contributed by atoms with van der Waals surface area (Å²) in [5.74, 6) is 1.66. The number of aryl methyl sites for hydroxylation is 2. The van der Waals surface area contributed by atoms with Crippen molar-refractivity contribution in [1.29, 1.82) is 0 Å². The Morgan fingerprint density at radius 3 is 2.42 bits per heavy atom. The largest absolute Gasteiger partial charge is 0.353 e. The Labute approximate surface area is 192 Å². The third-order valence-electron chi connectivity index (χ3n) is 5.74. The standard InChI is InChI=1S/C25H25N7O/c1-18-15-23(28-19(2)27-18)30-11-13-31(14-12-30)25(33)22-17-32(21-8-4-3-5-9-21)29-24(22)20-7-6-10-26-16-20/h3-10,15-17H,11-14H2,1-2H3. The first-order valence-electron chi connectivity index (χ1n) is 11.0. The molecule has 4 heterocycles. The molecule has 166 valence electrons. The van der Waals surface area contributed by atoms with E-state index >= 15 is 0 Å². The fraction of sp³-hybridized carbons (Fsp3) is 0.240. The number of rotatable bonds is 4. The molecule has 1 saturated heterocycles. The number of piperazine rings is 1. The van der Waals surface area contributed by atoms with E-state index in [1.165, 1.54) is 0 Å². The number of benzene rings is 1. The topological polar surface area (TPSA) is 80.0 Å². The summed E-state index contributed by atoms with van der Waals surface area (Å²) in [5, 5.41) is 4.75. The molecule has 1 aliphatic rings. The highest BCUT2D eigenvalue weighted by atomic mass is 16.2. The van der Waals surface area contributed by atoms with Gasteiger partial charge in [-0.25, -0.2) is 14.6 Å². The molecule has 8 heteroatoms. The smallest absolute Gasteiger partial charge is 0.257 e. The second-order valence-corrected chi connectivity index (χ2v) is 8.11. The molecule has 0 unspecified atom stereocenters. The van der Waals surface area contributed by atoms with Crippen molar-refractivity contribution < 1.29 is 4.79 Å². The molecule has 33 heavy (non-hydrogen) atoms. The molecule has 1 amide bonds. The van der Waals surface area contributed by atoms with Gasteiger partial charge in [0.1, 0.15) is 17.3 Å². The van der Waals surface area contributed by atoms with Crippen LogP contribution in [-0.4, -0.2) is 61.7 Å². The van der Waals surface area contributed by atoms with Crippen molar-refractivity contribution in [3.8, 4) is 16.9 Å². The lowest BCUT2D eigenvalue weighted by Gasteiger charge is -2.35. The molecule has 3 aromatic heterocycles. The first kappa shape index (κ1) is 20.8. The third-order valence-corrected chi connectivity index (χ3v) is 5.74. The van der Waals surface area contributed by atoms with Gasteiger partial charge in [0.2, 0.25) is 0 Å². The first-order chi connectivity index (χ1) is 16.1. The van der Waals surface area contributed by atoms with Gasteiger partial charge in [-0.05, 0) is 38.1 Å². The van der Waals surface area contributed by atoms with Gasteiger partial charge in [-0.2, -0.15) is 5.10 Å². The predicted octanol–water partition coefficient (Wildman–Crippen LogP) is 3.30. The maximum absolute atomic E-state index is 13.6. The molecular formula is C25H25N7O. The molecule has 0 saturated carbocycles. The first-order valence-corrected chi connectivity index (χ1v) is 11.0. The van der Waals surface area contributed by atoms with Crippen LogP contribution in [0.25, 0.3) is 16.9 Å². The van der Waals surface area contributed by atoms with E-state index in [9.17, 15) is 4.79 Å². The number of carbonyl (C=O) groups is 1. The second kappa shape index (κ2) is 8.82. The maximum Gasteiger partial charge on any atom is 0.257 e. The lowest BCUT2D eigenvalue weighted by atomic mass is 10.1. The molecule has 0 aliphatic carbocycles. The highest BCUT2D eigenvalue weighted by Gasteiger charge is 2.27. The Hall–Kier alpha value is -4.07.